The van der Waals surface area contributed by atoms with Gasteiger partial charge in [0.15, 0.2) is 5.78 Å². The standard InChI is InChI=1S/C13H15NO3/c15-12(9-5-7-14-8-6-9)10-3-1-2-4-11(10)13(16)17/h5-8,10-11H,1-4H2,(H,16,17). The summed E-state index contributed by atoms with van der Waals surface area (Å²) in [5, 5.41) is 9.14. The lowest BCUT2D eigenvalue weighted by atomic mass is 9.75. The summed E-state index contributed by atoms with van der Waals surface area (Å²) in [4.78, 5) is 27.2. The minimum atomic E-state index is -0.850. The van der Waals surface area contributed by atoms with E-state index in [0.29, 0.717) is 18.4 Å². The van der Waals surface area contributed by atoms with Crippen LogP contribution in [0, 0.1) is 11.8 Å². The van der Waals surface area contributed by atoms with Crippen molar-refractivity contribution in [2.24, 2.45) is 11.8 Å². The molecule has 0 saturated heterocycles. The first kappa shape index (κ1) is 11.8. The molecule has 2 rings (SSSR count). The van der Waals surface area contributed by atoms with E-state index in [-0.39, 0.29) is 11.7 Å². The number of pyridine rings is 1. The number of Topliss-reactive ketones (excluding diaryl/α,β-unsaturated/α-hetero) is 1. The molecule has 17 heavy (non-hydrogen) atoms. The second-order valence-corrected chi connectivity index (χ2v) is 4.44. The monoisotopic (exact) mass is 233 g/mol. The van der Waals surface area contributed by atoms with E-state index in [2.05, 4.69) is 4.98 Å². The Morgan fingerprint density at radius 2 is 1.71 bits per heavy atom. The Morgan fingerprint density at radius 3 is 2.29 bits per heavy atom. The van der Waals surface area contributed by atoms with Crippen LogP contribution in [0.2, 0.25) is 0 Å². The highest BCUT2D eigenvalue weighted by atomic mass is 16.4. The van der Waals surface area contributed by atoms with Gasteiger partial charge >= 0.3 is 5.97 Å². The molecule has 0 radical (unpaired) electrons. The number of hydrogen-bond donors (Lipinski definition) is 1. The Kier molecular flexibility index (Phi) is 3.52. The van der Waals surface area contributed by atoms with Gasteiger partial charge in [-0.15, -0.1) is 0 Å². The lowest BCUT2D eigenvalue weighted by Crippen LogP contribution is -2.32. The normalized spacial score (nSPS) is 24.2. The average molecular weight is 233 g/mol. The summed E-state index contributed by atoms with van der Waals surface area (Å²) in [6.45, 7) is 0. The maximum absolute atomic E-state index is 12.2. The average Bonchev–Trinajstić information content (AvgIpc) is 2.39. The van der Waals surface area contributed by atoms with Gasteiger partial charge in [-0.1, -0.05) is 12.8 Å². The van der Waals surface area contributed by atoms with Crippen LogP contribution in [-0.4, -0.2) is 21.8 Å². The van der Waals surface area contributed by atoms with E-state index in [4.69, 9.17) is 5.11 Å². The highest BCUT2D eigenvalue weighted by Gasteiger charge is 2.35. The fourth-order valence-electron chi connectivity index (χ4n) is 2.47. The molecule has 0 amide bonds. The van der Waals surface area contributed by atoms with Crippen molar-refractivity contribution in [1.29, 1.82) is 0 Å². The zero-order valence-electron chi connectivity index (χ0n) is 9.50. The van der Waals surface area contributed by atoms with Crippen LogP contribution in [-0.2, 0) is 4.79 Å². The SMILES string of the molecule is O=C(O)C1CCCCC1C(=O)c1ccncc1. The van der Waals surface area contributed by atoms with Crippen LogP contribution in [0.25, 0.3) is 0 Å². The van der Waals surface area contributed by atoms with Crippen LogP contribution >= 0.6 is 0 Å². The van der Waals surface area contributed by atoms with Crippen molar-refractivity contribution in [1.82, 2.24) is 4.98 Å². The molecule has 1 saturated carbocycles. The predicted molar refractivity (Wildman–Crippen MR) is 61.7 cm³/mol. The summed E-state index contributed by atoms with van der Waals surface area (Å²) in [5.74, 6) is -1.80. The molecule has 1 aliphatic rings. The van der Waals surface area contributed by atoms with Crippen molar-refractivity contribution in [3.8, 4) is 0 Å². The molecule has 1 fully saturated rings. The molecular formula is C13H15NO3. The molecule has 0 aliphatic heterocycles. The molecule has 4 nitrogen and oxygen atoms in total. The molecule has 0 bridgehead atoms. The molecule has 0 spiro atoms. The highest BCUT2D eigenvalue weighted by molar-refractivity contribution is 5.99. The van der Waals surface area contributed by atoms with E-state index < -0.39 is 11.9 Å². The molecule has 1 aromatic rings. The van der Waals surface area contributed by atoms with Gasteiger partial charge in [0.1, 0.15) is 0 Å². The van der Waals surface area contributed by atoms with E-state index in [1.165, 1.54) is 0 Å². The number of nitrogens with zero attached hydrogens (tertiary/aromatic N) is 1. The maximum atomic E-state index is 12.2. The first-order valence-corrected chi connectivity index (χ1v) is 5.87. The molecule has 2 atom stereocenters. The van der Waals surface area contributed by atoms with Gasteiger partial charge < -0.3 is 5.11 Å². The fraction of sp³-hybridized carbons (Fsp3) is 0.462. The number of aliphatic carboxylic acids is 1. The number of carbonyl (C=O) groups excluding carboxylic acids is 1. The summed E-state index contributed by atoms with van der Waals surface area (Å²) in [7, 11) is 0. The number of ketones is 1. The van der Waals surface area contributed by atoms with Crippen molar-refractivity contribution in [2.75, 3.05) is 0 Å². The Morgan fingerprint density at radius 1 is 1.12 bits per heavy atom. The molecule has 2 unspecified atom stereocenters. The third kappa shape index (κ3) is 2.52. The number of carboxylic acid groups (broad SMARTS) is 1. The van der Waals surface area contributed by atoms with E-state index in [1.54, 1.807) is 24.5 Å². The minimum absolute atomic E-state index is 0.0560. The maximum Gasteiger partial charge on any atom is 0.307 e. The lowest BCUT2D eigenvalue weighted by molar-refractivity contribution is -0.144. The van der Waals surface area contributed by atoms with Crippen LogP contribution in [0.3, 0.4) is 0 Å². The van der Waals surface area contributed by atoms with Gasteiger partial charge in [-0.3, -0.25) is 14.6 Å². The largest absolute Gasteiger partial charge is 0.481 e. The topological polar surface area (TPSA) is 67.3 Å². The molecule has 0 aromatic carbocycles. The van der Waals surface area contributed by atoms with Gasteiger partial charge in [-0.05, 0) is 25.0 Å². The van der Waals surface area contributed by atoms with Crippen molar-refractivity contribution < 1.29 is 14.7 Å². The quantitative estimate of drug-likeness (QED) is 0.812. The van der Waals surface area contributed by atoms with E-state index >= 15 is 0 Å². The van der Waals surface area contributed by atoms with Gasteiger partial charge in [0.2, 0.25) is 0 Å². The molecule has 1 aliphatic carbocycles. The second kappa shape index (κ2) is 5.08. The number of aromatic nitrogens is 1. The summed E-state index contributed by atoms with van der Waals surface area (Å²) in [6, 6.07) is 3.30. The van der Waals surface area contributed by atoms with Crippen LogP contribution in [0.5, 0.6) is 0 Å². The first-order valence-electron chi connectivity index (χ1n) is 5.87. The Bertz CT molecular complexity index is 416. The minimum Gasteiger partial charge on any atom is -0.481 e. The molecule has 1 heterocycles. The molecule has 1 N–H and O–H groups in total. The fourth-order valence-corrected chi connectivity index (χ4v) is 2.47. The summed E-state index contributed by atoms with van der Waals surface area (Å²) in [5.41, 5.74) is 0.568. The number of hydrogen-bond acceptors (Lipinski definition) is 3. The van der Waals surface area contributed by atoms with Crippen molar-refractivity contribution in [3.63, 3.8) is 0 Å². The molecular weight excluding hydrogens is 218 g/mol. The number of rotatable bonds is 3. The summed E-state index contributed by atoms with van der Waals surface area (Å²) < 4.78 is 0. The predicted octanol–water partition coefficient (Wildman–Crippen LogP) is 2.16. The lowest BCUT2D eigenvalue weighted by Gasteiger charge is -2.27. The Hall–Kier alpha value is -1.71. The van der Waals surface area contributed by atoms with Gasteiger partial charge in [0, 0.05) is 23.9 Å². The Labute approximate surface area is 99.7 Å². The third-order valence-corrected chi connectivity index (χ3v) is 3.38. The van der Waals surface area contributed by atoms with Gasteiger partial charge in [-0.2, -0.15) is 0 Å². The third-order valence-electron chi connectivity index (χ3n) is 3.38. The van der Waals surface area contributed by atoms with Crippen molar-refractivity contribution in [2.45, 2.75) is 25.7 Å². The van der Waals surface area contributed by atoms with Crippen LogP contribution in [0.15, 0.2) is 24.5 Å². The van der Waals surface area contributed by atoms with Gasteiger partial charge in [-0.25, -0.2) is 0 Å². The van der Waals surface area contributed by atoms with Crippen LogP contribution < -0.4 is 0 Å². The smallest absolute Gasteiger partial charge is 0.307 e. The van der Waals surface area contributed by atoms with Crippen LogP contribution in [0.4, 0.5) is 0 Å². The summed E-state index contributed by atoms with van der Waals surface area (Å²) in [6.07, 6.45) is 6.25. The van der Waals surface area contributed by atoms with Crippen molar-refractivity contribution >= 4 is 11.8 Å². The highest BCUT2D eigenvalue weighted by Crippen LogP contribution is 2.32. The van der Waals surface area contributed by atoms with E-state index in [1.807, 2.05) is 0 Å². The second-order valence-electron chi connectivity index (χ2n) is 4.44. The zero-order valence-corrected chi connectivity index (χ0v) is 9.50. The van der Waals surface area contributed by atoms with E-state index in [0.717, 1.165) is 12.8 Å². The van der Waals surface area contributed by atoms with Gasteiger partial charge in [0.25, 0.3) is 0 Å². The first-order chi connectivity index (χ1) is 8.20. The van der Waals surface area contributed by atoms with Crippen LogP contribution in [0.1, 0.15) is 36.0 Å². The molecule has 1 aromatic heterocycles. The number of carboxylic acids is 1. The molecule has 90 valence electrons. The summed E-state index contributed by atoms with van der Waals surface area (Å²) >= 11 is 0. The zero-order chi connectivity index (χ0) is 12.3. The Balaban J connectivity index is 2.20. The van der Waals surface area contributed by atoms with Gasteiger partial charge in [0.05, 0.1) is 5.92 Å². The molecule has 4 heteroatoms. The number of carbonyl (C=O) groups is 2. The van der Waals surface area contributed by atoms with E-state index in [9.17, 15) is 9.59 Å². The van der Waals surface area contributed by atoms with Crippen molar-refractivity contribution in [3.05, 3.63) is 30.1 Å².